The Bertz CT molecular complexity index is 366. The van der Waals surface area contributed by atoms with E-state index >= 15 is 0 Å². The van der Waals surface area contributed by atoms with E-state index in [1.807, 2.05) is 0 Å². The highest BCUT2D eigenvalue weighted by atomic mass is 32.1. The average Bonchev–Trinajstić information content (AvgIpc) is 2.88. The van der Waals surface area contributed by atoms with Gasteiger partial charge in [0.1, 0.15) is 0 Å². The van der Waals surface area contributed by atoms with Crippen molar-refractivity contribution >= 4 is 11.3 Å². The van der Waals surface area contributed by atoms with Crippen LogP contribution in [0.5, 0.6) is 0 Å². The van der Waals surface area contributed by atoms with Gasteiger partial charge in [-0.2, -0.15) is 0 Å². The molecule has 17 heavy (non-hydrogen) atoms. The molecule has 3 atom stereocenters. The van der Waals surface area contributed by atoms with Crippen LogP contribution in [0.25, 0.3) is 0 Å². The lowest BCUT2D eigenvalue weighted by Crippen LogP contribution is -2.40. The fourth-order valence-corrected chi connectivity index (χ4v) is 3.89. The summed E-state index contributed by atoms with van der Waals surface area (Å²) in [7, 11) is 0. The van der Waals surface area contributed by atoms with E-state index in [1.165, 1.54) is 10.4 Å². The van der Waals surface area contributed by atoms with Crippen LogP contribution < -0.4 is 5.73 Å². The fourth-order valence-electron chi connectivity index (χ4n) is 2.83. The smallest absolute Gasteiger partial charge is 0.0589 e. The van der Waals surface area contributed by atoms with E-state index in [9.17, 15) is 5.11 Å². The van der Waals surface area contributed by atoms with E-state index in [0.29, 0.717) is 12.5 Å². The van der Waals surface area contributed by atoms with Crippen LogP contribution >= 0.6 is 11.3 Å². The van der Waals surface area contributed by atoms with Gasteiger partial charge in [-0.05, 0) is 42.8 Å². The molecule has 1 saturated heterocycles. The molecule has 0 spiro atoms. The Morgan fingerprint density at radius 2 is 2.41 bits per heavy atom. The lowest BCUT2D eigenvalue weighted by Gasteiger charge is -2.32. The summed E-state index contributed by atoms with van der Waals surface area (Å²) >= 11 is 1.78. The van der Waals surface area contributed by atoms with Gasteiger partial charge in [0.05, 0.1) is 12.6 Å². The van der Waals surface area contributed by atoms with Gasteiger partial charge in [0.25, 0.3) is 0 Å². The molecular weight excluding hydrogens is 232 g/mol. The predicted molar refractivity (Wildman–Crippen MR) is 72.2 cm³/mol. The second-order valence-electron chi connectivity index (χ2n) is 4.97. The van der Waals surface area contributed by atoms with Crippen molar-refractivity contribution in [2.75, 3.05) is 19.7 Å². The number of rotatable bonds is 4. The average molecular weight is 254 g/mol. The first-order chi connectivity index (χ1) is 8.19. The SMILES string of the molecule is Cc1ccsc1C(CN)N1CCC(C)C1CO. The first kappa shape index (κ1) is 13.0. The van der Waals surface area contributed by atoms with Crippen LogP contribution in [0, 0.1) is 12.8 Å². The summed E-state index contributed by atoms with van der Waals surface area (Å²) < 4.78 is 0. The van der Waals surface area contributed by atoms with E-state index in [2.05, 4.69) is 30.2 Å². The normalized spacial score (nSPS) is 27.5. The summed E-state index contributed by atoms with van der Waals surface area (Å²) in [6.45, 7) is 6.27. The number of thiophene rings is 1. The number of aliphatic hydroxyl groups excluding tert-OH is 1. The third kappa shape index (κ3) is 2.40. The zero-order valence-corrected chi connectivity index (χ0v) is 11.4. The highest BCUT2D eigenvalue weighted by Gasteiger charge is 2.36. The van der Waals surface area contributed by atoms with Crippen molar-refractivity contribution in [2.45, 2.75) is 32.4 Å². The molecule has 3 unspecified atom stereocenters. The van der Waals surface area contributed by atoms with Crippen LogP contribution in [0.4, 0.5) is 0 Å². The molecule has 0 saturated carbocycles. The van der Waals surface area contributed by atoms with Crippen molar-refractivity contribution in [3.63, 3.8) is 0 Å². The molecule has 4 heteroatoms. The minimum Gasteiger partial charge on any atom is -0.395 e. The summed E-state index contributed by atoms with van der Waals surface area (Å²) in [5.41, 5.74) is 7.28. The van der Waals surface area contributed by atoms with E-state index in [-0.39, 0.29) is 18.7 Å². The maximum atomic E-state index is 9.54. The summed E-state index contributed by atoms with van der Waals surface area (Å²) in [4.78, 5) is 3.75. The topological polar surface area (TPSA) is 49.5 Å². The van der Waals surface area contributed by atoms with E-state index in [4.69, 9.17) is 5.73 Å². The van der Waals surface area contributed by atoms with Crippen LogP contribution in [-0.2, 0) is 0 Å². The van der Waals surface area contributed by atoms with Crippen molar-refractivity contribution < 1.29 is 5.11 Å². The number of aliphatic hydroxyl groups is 1. The van der Waals surface area contributed by atoms with Crippen LogP contribution in [0.15, 0.2) is 11.4 Å². The zero-order valence-electron chi connectivity index (χ0n) is 10.6. The monoisotopic (exact) mass is 254 g/mol. The quantitative estimate of drug-likeness (QED) is 0.861. The van der Waals surface area contributed by atoms with Gasteiger partial charge in [-0.1, -0.05) is 6.92 Å². The maximum absolute atomic E-state index is 9.54. The van der Waals surface area contributed by atoms with Crippen molar-refractivity contribution in [1.82, 2.24) is 4.90 Å². The highest BCUT2D eigenvalue weighted by Crippen LogP contribution is 2.35. The largest absolute Gasteiger partial charge is 0.395 e. The van der Waals surface area contributed by atoms with Crippen LogP contribution in [0.1, 0.15) is 29.8 Å². The molecule has 3 N–H and O–H groups in total. The Balaban J connectivity index is 2.22. The minimum atomic E-state index is 0.238. The second-order valence-corrected chi connectivity index (χ2v) is 5.92. The molecule has 1 aliphatic heterocycles. The molecule has 1 aliphatic rings. The standard InChI is InChI=1S/C13H22N2OS/c1-9-3-5-15(12(9)8-16)11(7-14)13-10(2)4-6-17-13/h4,6,9,11-12,16H,3,5,7-8,14H2,1-2H3. The molecule has 2 heterocycles. The van der Waals surface area contributed by atoms with E-state index in [1.54, 1.807) is 11.3 Å². The molecule has 3 nitrogen and oxygen atoms in total. The van der Waals surface area contributed by atoms with Gasteiger partial charge >= 0.3 is 0 Å². The van der Waals surface area contributed by atoms with Crippen molar-refractivity contribution in [3.8, 4) is 0 Å². The van der Waals surface area contributed by atoms with Crippen LogP contribution in [0.2, 0.25) is 0 Å². The lowest BCUT2D eigenvalue weighted by molar-refractivity contribution is 0.106. The molecule has 1 aromatic heterocycles. The molecule has 0 aliphatic carbocycles. The van der Waals surface area contributed by atoms with Crippen LogP contribution in [-0.4, -0.2) is 35.7 Å². The number of likely N-dealkylation sites (tertiary alicyclic amines) is 1. The van der Waals surface area contributed by atoms with Crippen LogP contribution in [0.3, 0.4) is 0 Å². The van der Waals surface area contributed by atoms with Gasteiger partial charge < -0.3 is 10.8 Å². The third-order valence-electron chi connectivity index (χ3n) is 3.94. The Morgan fingerprint density at radius 1 is 1.65 bits per heavy atom. The number of aryl methyl sites for hydroxylation is 1. The first-order valence-corrected chi connectivity index (χ1v) is 7.17. The summed E-state index contributed by atoms with van der Waals surface area (Å²) in [6, 6.07) is 2.69. The molecule has 0 amide bonds. The molecule has 1 fully saturated rings. The van der Waals surface area contributed by atoms with Gasteiger partial charge in [0, 0.05) is 17.5 Å². The Hall–Kier alpha value is -0.420. The third-order valence-corrected chi connectivity index (χ3v) is 5.06. The second kappa shape index (κ2) is 5.48. The van der Waals surface area contributed by atoms with E-state index < -0.39 is 0 Å². The van der Waals surface area contributed by atoms with Crippen molar-refractivity contribution in [2.24, 2.45) is 11.7 Å². The summed E-state index contributed by atoms with van der Waals surface area (Å²) in [5.74, 6) is 0.564. The first-order valence-electron chi connectivity index (χ1n) is 6.29. The molecule has 2 rings (SSSR count). The van der Waals surface area contributed by atoms with Gasteiger partial charge in [-0.15, -0.1) is 11.3 Å². The molecule has 0 radical (unpaired) electrons. The van der Waals surface area contributed by atoms with Crippen molar-refractivity contribution in [1.29, 1.82) is 0 Å². The Labute approximate surface area is 107 Å². The minimum absolute atomic E-state index is 0.238. The predicted octanol–water partition coefficient (Wildman–Crippen LogP) is 1.76. The number of hydrogen-bond acceptors (Lipinski definition) is 4. The number of hydrogen-bond donors (Lipinski definition) is 2. The van der Waals surface area contributed by atoms with Crippen molar-refractivity contribution in [3.05, 3.63) is 21.9 Å². The summed E-state index contributed by atoms with van der Waals surface area (Å²) in [6.07, 6.45) is 1.16. The Morgan fingerprint density at radius 3 is 2.94 bits per heavy atom. The maximum Gasteiger partial charge on any atom is 0.0589 e. The number of nitrogens with two attached hydrogens (primary N) is 1. The molecule has 0 aromatic carbocycles. The highest BCUT2D eigenvalue weighted by molar-refractivity contribution is 7.10. The molecule has 1 aromatic rings. The molecule has 96 valence electrons. The zero-order chi connectivity index (χ0) is 12.4. The summed E-state index contributed by atoms with van der Waals surface area (Å²) in [5, 5.41) is 11.7. The van der Waals surface area contributed by atoms with Gasteiger partial charge in [0.2, 0.25) is 0 Å². The lowest BCUT2D eigenvalue weighted by atomic mass is 10.0. The van der Waals surface area contributed by atoms with Gasteiger partial charge in [-0.25, -0.2) is 0 Å². The van der Waals surface area contributed by atoms with Gasteiger partial charge in [0.15, 0.2) is 0 Å². The Kier molecular flexibility index (Phi) is 4.20. The molecule has 0 bridgehead atoms. The number of nitrogens with zero attached hydrogens (tertiary/aromatic N) is 1. The molecular formula is C13H22N2OS. The fraction of sp³-hybridized carbons (Fsp3) is 0.692. The van der Waals surface area contributed by atoms with Gasteiger partial charge in [-0.3, -0.25) is 4.90 Å². The van der Waals surface area contributed by atoms with E-state index in [0.717, 1.165) is 13.0 Å².